The second kappa shape index (κ2) is 9.34. The molecule has 0 unspecified atom stereocenters. The maximum atomic E-state index is 11.3. The molecule has 1 aromatic heterocycles. The lowest BCUT2D eigenvalue weighted by Crippen LogP contribution is -2.38. The molecule has 0 spiro atoms. The molecule has 3 N–H and O–H groups in total. The Hall–Kier alpha value is -2.90. The highest BCUT2D eigenvalue weighted by Crippen LogP contribution is 2.26. The van der Waals surface area contributed by atoms with Crippen molar-refractivity contribution in [1.29, 1.82) is 0 Å². The smallest absolute Gasteiger partial charge is 0.234 e. The fraction of sp³-hybridized carbons (Fsp3) is 0.333. The number of hydrogen-bond acceptors (Lipinski definition) is 5. The normalized spacial score (nSPS) is 12.2. The molecule has 7 nitrogen and oxygen atoms in total. The van der Waals surface area contributed by atoms with Crippen molar-refractivity contribution in [2.24, 2.45) is 5.73 Å². The molecule has 0 aliphatic rings. The lowest BCUT2D eigenvalue weighted by molar-refractivity contribution is -0.119. The number of hydrogen-bond donors (Lipinski definition) is 2. The molecule has 7 heteroatoms. The average Bonchev–Trinajstić information content (AvgIpc) is 3.04. The van der Waals surface area contributed by atoms with E-state index in [1.54, 1.807) is 6.92 Å². The van der Waals surface area contributed by atoms with Crippen LogP contribution in [0.2, 0.25) is 0 Å². The topological polar surface area (TPSA) is 91.4 Å². The summed E-state index contributed by atoms with van der Waals surface area (Å²) < 4.78 is 13.6. The van der Waals surface area contributed by atoms with Gasteiger partial charge in [0.15, 0.2) is 0 Å². The minimum absolute atomic E-state index is 0.393. The maximum Gasteiger partial charge on any atom is 0.234 e. The first-order chi connectivity index (χ1) is 13.6. The molecule has 0 aliphatic carbocycles. The van der Waals surface area contributed by atoms with Gasteiger partial charge in [0.25, 0.3) is 0 Å². The number of nitrogens with zero attached hydrogens (tertiary/aromatic N) is 2. The van der Waals surface area contributed by atoms with Crippen LogP contribution >= 0.6 is 0 Å². The summed E-state index contributed by atoms with van der Waals surface area (Å²) in [7, 11) is 0. The van der Waals surface area contributed by atoms with Gasteiger partial charge in [-0.25, -0.2) is 4.98 Å². The van der Waals surface area contributed by atoms with Gasteiger partial charge in [-0.15, -0.1) is 0 Å². The lowest BCUT2D eigenvalue weighted by atomic mass is 10.3. The molecule has 0 saturated carbocycles. The molecule has 0 fully saturated rings. The third-order valence-electron chi connectivity index (χ3n) is 4.43. The molecule has 2 aromatic carbocycles. The first kappa shape index (κ1) is 19.9. The van der Waals surface area contributed by atoms with Gasteiger partial charge >= 0.3 is 0 Å². The quantitative estimate of drug-likeness (QED) is 0.526. The second-order valence-electron chi connectivity index (χ2n) is 6.45. The highest BCUT2D eigenvalue weighted by atomic mass is 16.5. The third-order valence-corrected chi connectivity index (χ3v) is 4.43. The van der Waals surface area contributed by atoms with Crippen LogP contribution in [0.3, 0.4) is 0 Å². The third kappa shape index (κ3) is 4.88. The number of nitrogens with two attached hydrogens (primary N) is 1. The zero-order valence-corrected chi connectivity index (χ0v) is 16.2. The van der Waals surface area contributed by atoms with Crippen molar-refractivity contribution in [1.82, 2.24) is 14.9 Å². The Labute approximate surface area is 164 Å². The van der Waals surface area contributed by atoms with Crippen LogP contribution in [0.25, 0.3) is 11.0 Å². The number of amides is 1. The summed E-state index contributed by atoms with van der Waals surface area (Å²) in [6.45, 7) is 6.02. The van der Waals surface area contributed by atoms with Crippen LogP contribution in [0.1, 0.15) is 19.7 Å². The van der Waals surface area contributed by atoms with Gasteiger partial charge in [0.05, 0.1) is 30.2 Å². The van der Waals surface area contributed by atoms with Crippen LogP contribution in [0, 0.1) is 0 Å². The van der Waals surface area contributed by atoms with Crippen LogP contribution in [-0.4, -0.2) is 34.7 Å². The summed E-state index contributed by atoms with van der Waals surface area (Å²) in [6, 6.07) is 15.0. The molecular formula is C21H26N4O3. The molecule has 3 rings (SSSR count). The average molecular weight is 382 g/mol. The van der Waals surface area contributed by atoms with Crippen molar-refractivity contribution in [3.63, 3.8) is 0 Å². The summed E-state index contributed by atoms with van der Waals surface area (Å²) in [6.07, 6.45) is 0. The fourth-order valence-electron chi connectivity index (χ4n) is 2.87. The molecule has 0 saturated heterocycles. The molecule has 28 heavy (non-hydrogen) atoms. The summed E-state index contributed by atoms with van der Waals surface area (Å²) in [5, 5.41) is 3.11. The predicted octanol–water partition coefficient (Wildman–Crippen LogP) is 2.83. The van der Waals surface area contributed by atoms with E-state index in [1.165, 1.54) is 0 Å². The lowest BCUT2D eigenvalue weighted by Gasteiger charge is -2.13. The minimum atomic E-state index is -0.433. The maximum absolute atomic E-state index is 11.3. The number of aromatic nitrogens is 2. The van der Waals surface area contributed by atoms with E-state index in [-0.39, 0.29) is 0 Å². The number of carbonyl (C=O) groups excluding carboxylic acids is 1. The number of rotatable bonds is 10. The van der Waals surface area contributed by atoms with Gasteiger partial charge in [0, 0.05) is 19.2 Å². The molecule has 1 amide bonds. The number of ether oxygens (including phenoxy) is 2. The molecule has 148 valence electrons. The molecule has 3 aromatic rings. The Morgan fingerprint density at radius 2 is 2.00 bits per heavy atom. The van der Waals surface area contributed by atoms with Crippen molar-refractivity contribution in [2.45, 2.75) is 33.0 Å². The van der Waals surface area contributed by atoms with E-state index >= 15 is 0 Å². The van der Waals surface area contributed by atoms with Crippen LogP contribution in [0.5, 0.6) is 11.5 Å². The van der Waals surface area contributed by atoms with Gasteiger partial charge in [-0.1, -0.05) is 18.2 Å². The van der Waals surface area contributed by atoms with E-state index in [9.17, 15) is 4.79 Å². The number of carbonyl (C=O) groups is 1. The standard InChI is InChI=1S/C21H26N4O3/c1-3-27-12-11-25-19-13-17(28-16-7-5-4-6-8-16)9-10-18(19)24-20(25)14-23-15(2)21(22)26/h4-10,13,15,23H,3,11-12,14H2,1-2H3,(H2,22,26)/t15-/m1/s1. The zero-order valence-electron chi connectivity index (χ0n) is 16.2. The summed E-state index contributed by atoms with van der Waals surface area (Å²) >= 11 is 0. The van der Waals surface area contributed by atoms with Crippen molar-refractivity contribution in [3.8, 4) is 11.5 Å². The number of fused-ring (bicyclic) bond motifs is 1. The van der Waals surface area contributed by atoms with Gasteiger partial charge in [-0.2, -0.15) is 0 Å². The Balaban J connectivity index is 1.88. The van der Waals surface area contributed by atoms with Gasteiger partial charge < -0.3 is 19.8 Å². The van der Waals surface area contributed by atoms with Crippen molar-refractivity contribution < 1.29 is 14.3 Å². The highest BCUT2D eigenvalue weighted by Gasteiger charge is 2.14. The Morgan fingerprint density at radius 3 is 2.71 bits per heavy atom. The van der Waals surface area contributed by atoms with E-state index in [4.69, 9.17) is 20.2 Å². The van der Waals surface area contributed by atoms with Crippen LogP contribution < -0.4 is 15.8 Å². The SMILES string of the molecule is CCOCCn1c(CN[C@H](C)C(N)=O)nc2ccc(Oc3ccccc3)cc21. The first-order valence-corrected chi connectivity index (χ1v) is 9.41. The van der Waals surface area contributed by atoms with Crippen molar-refractivity contribution in [3.05, 3.63) is 54.4 Å². The summed E-state index contributed by atoms with van der Waals surface area (Å²) in [5.41, 5.74) is 7.16. The number of para-hydroxylation sites is 1. The number of nitrogens with one attached hydrogen (secondary N) is 1. The van der Waals surface area contributed by atoms with E-state index < -0.39 is 11.9 Å². The van der Waals surface area contributed by atoms with E-state index in [0.717, 1.165) is 28.4 Å². The second-order valence-corrected chi connectivity index (χ2v) is 6.45. The van der Waals surface area contributed by atoms with Crippen LogP contribution in [0.15, 0.2) is 48.5 Å². The Bertz CT molecular complexity index is 924. The monoisotopic (exact) mass is 382 g/mol. The molecular weight excluding hydrogens is 356 g/mol. The van der Waals surface area contributed by atoms with Crippen molar-refractivity contribution in [2.75, 3.05) is 13.2 Å². The molecule has 0 aliphatic heterocycles. The van der Waals surface area contributed by atoms with Gasteiger partial charge in [-0.3, -0.25) is 10.1 Å². The zero-order chi connectivity index (χ0) is 19.9. The number of benzene rings is 2. The largest absolute Gasteiger partial charge is 0.457 e. The predicted molar refractivity (Wildman–Crippen MR) is 108 cm³/mol. The van der Waals surface area contributed by atoms with Gasteiger partial charge in [0.2, 0.25) is 5.91 Å². The number of primary amides is 1. The number of imidazole rings is 1. The molecule has 1 heterocycles. The summed E-state index contributed by atoms with van der Waals surface area (Å²) in [4.78, 5) is 16.0. The molecule has 0 bridgehead atoms. The molecule has 0 radical (unpaired) electrons. The van der Waals surface area contributed by atoms with E-state index in [2.05, 4.69) is 9.88 Å². The van der Waals surface area contributed by atoms with E-state index in [0.29, 0.717) is 26.3 Å². The Morgan fingerprint density at radius 1 is 1.21 bits per heavy atom. The summed E-state index contributed by atoms with van der Waals surface area (Å²) in [5.74, 6) is 1.94. The van der Waals surface area contributed by atoms with Crippen LogP contribution in [-0.2, 0) is 22.6 Å². The fourth-order valence-corrected chi connectivity index (χ4v) is 2.87. The highest BCUT2D eigenvalue weighted by molar-refractivity contribution is 5.79. The molecule has 1 atom stereocenters. The Kier molecular flexibility index (Phi) is 6.62. The minimum Gasteiger partial charge on any atom is -0.457 e. The first-order valence-electron chi connectivity index (χ1n) is 9.41. The van der Waals surface area contributed by atoms with Gasteiger partial charge in [-0.05, 0) is 38.1 Å². The van der Waals surface area contributed by atoms with Gasteiger partial charge in [0.1, 0.15) is 17.3 Å². The van der Waals surface area contributed by atoms with Crippen LogP contribution in [0.4, 0.5) is 0 Å². The van der Waals surface area contributed by atoms with E-state index in [1.807, 2.05) is 55.5 Å². The van der Waals surface area contributed by atoms with Crippen molar-refractivity contribution >= 4 is 16.9 Å².